The average Bonchev–Trinajstić information content (AvgIpc) is 3.30. The van der Waals surface area contributed by atoms with Crippen molar-refractivity contribution in [3.05, 3.63) is 70.3 Å². The lowest BCUT2D eigenvalue weighted by Crippen LogP contribution is -2.24. The first kappa shape index (κ1) is 19.0. The quantitative estimate of drug-likeness (QED) is 0.628. The average molecular weight is 402 g/mol. The van der Waals surface area contributed by atoms with Crippen LogP contribution in [-0.4, -0.2) is 27.1 Å². The molecule has 3 aromatic rings. The maximum absolute atomic E-state index is 13.0. The molecule has 5 rings (SSSR count). The molecule has 1 amide bonds. The highest BCUT2D eigenvalue weighted by Crippen LogP contribution is 2.39. The first-order valence-electron chi connectivity index (χ1n) is 10.5. The number of aromatic nitrogens is 2. The van der Waals surface area contributed by atoms with Crippen molar-refractivity contribution in [3.8, 4) is 11.1 Å². The number of imidazole rings is 1. The van der Waals surface area contributed by atoms with Crippen LogP contribution in [0, 0.1) is 6.92 Å². The van der Waals surface area contributed by atoms with Gasteiger partial charge in [-0.15, -0.1) is 0 Å². The molecule has 6 nitrogen and oxygen atoms in total. The second-order valence-corrected chi connectivity index (χ2v) is 8.17. The minimum absolute atomic E-state index is 0.194. The predicted octanol–water partition coefficient (Wildman–Crippen LogP) is 3.27. The van der Waals surface area contributed by atoms with Crippen LogP contribution in [0.5, 0.6) is 0 Å². The molecule has 30 heavy (non-hydrogen) atoms. The number of carbonyl (C=O) groups is 1. The summed E-state index contributed by atoms with van der Waals surface area (Å²) in [6.07, 6.45) is 2.13. The summed E-state index contributed by atoms with van der Waals surface area (Å²) in [5.41, 5.74) is 8.34. The maximum atomic E-state index is 13.0. The van der Waals surface area contributed by atoms with Gasteiger partial charge in [-0.3, -0.25) is 4.79 Å². The summed E-state index contributed by atoms with van der Waals surface area (Å²) in [5.74, 6) is 0.248. The molecule has 1 unspecified atom stereocenters. The number of hydrogen-bond donors (Lipinski definition) is 3. The van der Waals surface area contributed by atoms with Crippen molar-refractivity contribution in [2.24, 2.45) is 7.05 Å². The van der Waals surface area contributed by atoms with Gasteiger partial charge in [-0.1, -0.05) is 30.3 Å². The van der Waals surface area contributed by atoms with Gasteiger partial charge in [0.2, 0.25) is 0 Å². The third kappa shape index (κ3) is 3.04. The number of hydrogen-bond acceptors (Lipinski definition) is 4. The Kier molecular flexibility index (Phi) is 4.68. The number of amides is 1. The van der Waals surface area contributed by atoms with Gasteiger partial charge in [0.05, 0.1) is 11.8 Å². The highest BCUT2D eigenvalue weighted by Gasteiger charge is 2.25. The lowest BCUT2D eigenvalue weighted by atomic mass is 9.93. The topological polar surface area (TPSA) is 79.2 Å². The van der Waals surface area contributed by atoms with E-state index in [4.69, 9.17) is 0 Å². The first-order valence-corrected chi connectivity index (χ1v) is 10.5. The summed E-state index contributed by atoms with van der Waals surface area (Å²) in [7, 11) is 1.91. The van der Waals surface area contributed by atoms with Crippen LogP contribution < -0.4 is 10.6 Å². The molecule has 2 aliphatic rings. The second-order valence-electron chi connectivity index (χ2n) is 8.17. The zero-order chi connectivity index (χ0) is 20.8. The monoisotopic (exact) mass is 402 g/mol. The lowest BCUT2D eigenvalue weighted by Gasteiger charge is -2.16. The van der Waals surface area contributed by atoms with E-state index >= 15 is 0 Å². The molecule has 1 aliphatic carbocycles. The van der Waals surface area contributed by atoms with E-state index < -0.39 is 0 Å². The van der Waals surface area contributed by atoms with Crippen LogP contribution in [0.3, 0.4) is 0 Å². The minimum Gasteiger partial charge on any atom is -0.388 e. The van der Waals surface area contributed by atoms with E-state index in [1.807, 2.05) is 42.8 Å². The first-order chi connectivity index (χ1) is 14.5. The Hall–Kier alpha value is -2.96. The number of fused-ring (bicyclic) bond motifs is 2. The Morgan fingerprint density at radius 3 is 2.83 bits per heavy atom. The van der Waals surface area contributed by atoms with Gasteiger partial charge in [0.15, 0.2) is 5.82 Å². The second kappa shape index (κ2) is 7.38. The summed E-state index contributed by atoms with van der Waals surface area (Å²) in [4.78, 5) is 17.6. The van der Waals surface area contributed by atoms with E-state index in [1.54, 1.807) is 0 Å². The predicted molar refractivity (Wildman–Crippen MR) is 116 cm³/mol. The van der Waals surface area contributed by atoms with Gasteiger partial charge >= 0.3 is 0 Å². The SMILES string of the molecule is Cc1c(NC(=O)c2nc3c(n2C)CCNC3)cccc1-c1cccc2c1CCC2O. The van der Waals surface area contributed by atoms with Crippen LogP contribution >= 0.6 is 0 Å². The van der Waals surface area contributed by atoms with Crippen molar-refractivity contribution in [2.75, 3.05) is 11.9 Å². The molecule has 154 valence electrons. The Morgan fingerprint density at radius 2 is 2.00 bits per heavy atom. The molecule has 0 bridgehead atoms. The Balaban J connectivity index is 1.48. The number of aliphatic hydroxyl groups excluding tert-OH is 1. The van der Waals surface area contributed by atoms with E-state index in [0.29, 0.717) is 12.4 Å². The Morgan fingerprint density at radius 1 is 1.20 bits per heavy atom. The van der Waals surface area contributed by atoms with E-state index in [9.17, 15) is 9.90 Å². The molecular formula is C24H26N4O2. The number of benzene rings is 2. The fourth-order valence-corrected chi connectivity index (χ4v) is 4.78. The van der Waals surface area contributed by atoms with Gasteiger partial charge in [0.1, 0.15) is 0 Å². The largest absolute Gasteiger partial charge is 0.388 e. The maximum Gasteiger partial charge on any atom is 0.291 e. The van der Waals surface area contributed by atoms with E-state index in [1.165, 1.54) is 5.56 Å². The molecule has 1 aromatic heterocycles. The van der Waals surface area contributed by atoms with Crippen molar-refractivity contribution in [1.29, 1.82) is 0 Å². The molecule has 0 fully saturated rings. The third-order valence-electron chi connectivity index (χ3n) is 6.44. The van der Waals surface area contributed by atoms with Crippen molar-refractivity contribution in [2.45, 2.75) is 38.8 Å². The molecular weight excluding hydrogens is 376 g/mol. The van der Waals surface area contributed by atoms with Gasteiger partial charge < -0.3 is 20.3 Å². The molecule has 0 radical (unpaired) electrons. The fourth-order valence-electron chi connectivity index (χ4n) is 4.78. The number of nitrogens with one attached hydrogen (secondary N) is 2. The van der Waals surface area contributed by atoms with Crippen molar-refractivity contribution >= 4 is 11.6 Å². The molecule has 0 saturated heterocycles. The molecule has 0 saturated carbocycles. The smallest absolute Gasteiger partial charge is 0.291 e. The van der Waals surface area contributed by atoms with E-state index in [2.05, 4.69) is 27.8 Å². The number of rotatable bonds is 3. The molecule has 2 heterocycles. The number of carbonyl (C=O) groups excluding carboxylic acids is 1. The number of anilines is 1. The lowest BCUT2D eigenvalue weighted by molar-refractivity contribution is 0.101. The molecule has 1 aliphatic heterocycles. The molecule has 1 atom stereocenters. The van der Waals surface area contributed by atoms with Gasteiger partial charge in [0.25, 0.3) is 5.91 Å². The van der Waals surface area contributed by atoms with Crippen LogP contribution in [0.1, 0.15) is 51.2 Å². The van der Waals surface area contributed by atoms with Gasteiger partial charge in [-0.25, -0.2) is 4.98 Å². The number of nitrogens with zero attached hydrogens (tertiary/aromatic N) is 2. The molecule has 3 N–H and O–H groups in total. The normalized spacial score (nSPS) is 17.5. The van der Waals surface area contributed by atoms with Crippen LogP contribution in [0.15, 0.2) is 36.4 Å². The van der Waals surface area contributed by atoms with Crippen LogP contribution in [0.25, 0.3) is 11.1 Å². The standard InChI is InChI=1S/C24H26N4O2/c1-14-15(16-6-3-7-18-17(16)9-10-22(18)29)5-4-8-19(14)27-24(30)23-26-20-13-25-12-11-21(20)28(23)2/h3-8,22,25,29H,9-13H2,1-2H3,(H,27,30). The fraction of sp³-hybridized carbons (Fsp3) is 0.333. The summed E-state index contributed by atoms with van der Waals surface area (Å²) in [5, 5.41) is 16.6. The minimum atomic E-state index is -0.382. The zero-order valence-corrected chi connectivity index (χ0v) is 17.3. The van der Waals surface area contributed by atoms with Crippen molar-refractivity contribution in [3.63, 3.8) is 0 Å². The van der Waals surface area contributed by atoms with E-state index in [0.717, 1.165) is 65.1 Å². The van der Waals surface area contributed by atoms with Gasteiger partial charge in [0, 0.05) is 37.9 Å². The number of aliphatic hydroxyl groups is 1. The third-order valence-corrected chi connectivity index (χ3v) is 6.44. The highest BCUT2D eigenvalue weighted by atomic mass is 16.3. The Bertz CT molecular complexity index is 1150. The van der Waals surface area contributed by atoms with Crippen molar-refractivity contribution < 1.29 is 9.90 Å². The summed E-state index contributed by atoms with van der Waals surface area (Å²) in [6, 6.07) is 12.1. The van der Waals surface area contributed by atoms with Gasteiger partial charge in [-0.2, -0.15) is 0 Å². The van der Waals surface area contributed by atoms with Crippen LogP contribution in [0.2, 0.25) is 0 Å². The summed E-state index contributed by atoms with van der Waals surface area (Å²) in [6.45, 7) is 3.64. The van der Waals surface area contributed by atoms with Crippen LogP contribution in [0.4, 0.5) is 5.69 Å². The van der Waals surface area contributed by atoms with Gasteiger partial charge in [-0.05, 0) is 53.6 Å². The highest BCUT2D eigenvalue weighted by molar-refractivity contribution is 6.03. The van der Waals surface area contributed by atoms with Crippen molar-refractivity contribution in [1.82, 2.24) is 14.9 Å². The Labute approximate surface area is 176 Å². The van der Waals surface area contributed by atoms with Crippen LogP contribution in [-0.2, 0) is 26.4 Å². The molecule has 6 heteroatoms. The summed E-state index contributed by atoms with van der Waals surface area (Å²) < 4.78 is 1.91. The zero-order valence-electron chi connectivity index (χ0n) is 17.3. The molecule has 0 spiro atoms. The van der Waals surface area contributed by atoms with E-state index in [-0.39, 0.29) is 12.0 Å². The summed E-state index contributed by atoms with van der Waals surface area (Å²) >= 11 is 0. The molecule has 2 aromatic carbocycles.